The van der Waals surface area contributed by atoms with Crippen molar-refractivity contribution < 1.29 is 0 Å². The van der Waals surface area contributed by atoms with E-state index in [2.05, 4.69) is 33.5 Å². The van der Waals surface area contributed by atoms with Crippen LogP contribution in [0.1, 0.15) is 27.2 Å². The Morgan fingerprint density at radius 2 is 2.00 bits per heavy atom. The van der Waals surface area contributed by atoms with E-state index in [4.69, 9.17) is 0 Å². The first kappa shape index (κ1) is 9.12. The van der Waals surface area contributed by atoms with Gasteiger partial charge in [0.15, 0.2) is 0 Å². The first-order valence-electron chi connectivity index (χ1n) is 4.72. The Morgan fingerprint density at radius 1 is 1.45 bits per heavy atom. The summed E-state index contributed by atoms with van der Waals surface area (Å²) in [4.78, 5) is 2.56. The molecular weight excluding hydrogens is 133 g/mol. The molecule has 0 spiro atoms. The molecule has 1 saturated heterocycles. The maximum absolute atomic E-state index is 2.56. The van der Waals surface area contributed by atoms with Crippen molar-refractivity contribution in [2.75, 3.05) is 19.6 Å². The quantitative estimate of drug-likeness (QED) is 0.550. The van der Waals surface area contributed by atoms with Crippen molar-refractivity contribution in [3.8, 4) is 0 Å². The van der Waals surface area contributed by atoms with E-state index < -0.39 is 0 Å². The van der Waals surface area contributed by atoms with Gasteiger partial charge in [0, 0.05) is 0 Å². The molecule has 1 rings (SSSR count). The van der Waals surface area contributed by atoms with Crippen LogP contribution in [0.3, 0.4) is 0 Å². The maximum Gasteiger partial charge on any atom is 0.112 e. The molecule has 1 nitrogen and oxygen atoms in total. The molecular formula is C9H20BN. The largest absolute Gasteiger partial charge is 0.304 e. The molecule has 2 heteroatoms. The number of likely N-dealkylation sites (tertiary alicyclic amines) is 1. The first-order chi connectivity index (χ1) is 4.99. The molecule has 11 heavy (non-hydrogen) atoms. The van der Waals surface area contributed by atoms with E-state index in [1.807, 2.05) is 0 Å². The Labute approximate surface area is 71.6 Å². The highest BCUT2D eigenvalue weighted by molar-refractivity contribution is 6.16. The lowest BCUT2D eigenvalue weighted by Crippen LogP contribution is -2.50. The van der Waals surface area contributed by atoms with E-state index in [0.717, 1.165) is 5.92 Å². The van der Waals surface area contributed by atoms with Crippen molar-refractivity contribution in [1.29, 1.82) is 0 Å². The van der Waals surface area contributed by atoms with Crippen molar-refractivity contribution in [3.63, 3.8) is 0 Å². The van der Waals surface area contributed by atoms with Crippen LogP contribution < -0.4 is 0 Å². The minimum absolute atomic E-state index is 0.608. The topological polar surface area (TPSA) is 3.24 Å². The van der Waals surface area contributed by atoms with Crippen molar-refractivity contribution in [3.05, 3.63) is 0 Å². The van der Waals surface area contributed by atoms with Gasteiger partial charge in [-0.2, -0.15) is 0 Å². The lowest BCUT2D eigenvalue weighted by atomic mass is 9.65. The third kappa shape index (κ3) is 2.86. The van der Waals surface area contributed by atoms with Gasteiger partial charge in [-0.3, -0.25) is 0 Å². The molecule has 1 fully saturated rings. The standard InChI is InChI=1S/C9H20BN/c1-8(2)4-5-11-6-9(3,10)7-11/h8H,4-7,10H2,1-3H3. The molecule has 0 bridgehead atoms. The van der Waals surface area contributed by atoms with E-state index in [9.17, 15) is 0 Å². The summed E-state index contributed by atoms with van der Waals surface area (Å²) in [6.07, 6.45) is 1.36. The average Bonchev–Trinajstić information content (AvgIpc) is 1.78. The Hall–Kier alpha value is 0.0249. The second-order valence-electron chi connectivity index (χ2n) is 5.06. The van der Waals surface area contributed by atoms with Crippen molar-refractivity contribution in [2.45, 2.75) is 32.5 Å². The van der Waals surface area contributed by atoms with Crippen LogP contribution in [-0.2, 0) is 0 Å². The Morgan fingerprint density at radius 3 is 2.36 bits per heavy atom. The van der Waals surface area contributed by atoms with Gasteiger partial charge in [0.2, 0.25) is 0 Å². The van der Waals surface area contributed by atoms with E-state index in [-0.39, 0.29) is 0 Å². The Bertz CT molecular complexity index is 124. The summed E-state index contributed by atoms with van der Waals surface area (Å²) in [6, 6.07) is 0. The summed E-state index contributed by atoms with van der Waals surface area (Å²) in [5.74, 6) is 0.860. The van der Waals surface area contributed by atoms with Gasteiger partial charge in [0.1, 0.15) is 7.85 Å². The van der Waals surface area contributed by atoms with Crippen LogP contribution in [0.2, 0.25) is 5.31 Å². The lowest BCUT2D eigenvalue weighted by molar-refractivity contribution is 0.120. The fraction of sp³-hybridized carbons (Fsp3) is 1.00. The maximum atomic E-state index is 2.56. The molecule has 0 atom stereocenters. The molecule has 1 aliphatic heterocycles. The second-order valence-corrected chi connectivity index (χ2v) is 5.06. The third-order valence-corrected chi connectivity index (χ3v) is 2.33. The molecule has 0 unspecified atom stereocenters. The summed E-state index contributed by atoms with van der Waals surface area (Å²) in [5.41, 5.74) is 0. The monoisotopic (exact) mass is 153 g/mol. The molecule has 0 aromatic rings. The van der Waals surface area contributed by atoms with Crippen LogP contribution in [0.4, 0.5) is 0 Å². The molecule has 0 aromatic carbocycles. The predicted molar refractivity (Wildman–Crippen MR) is 52.8 cm³/mol. The molecule has 0 aromatic heterocycles. The summed E-state index contributed by atoms with van der Waals surface area (Å²) in [5, 5.41) is 0.608. The molecule has 0 saturated carbocycles. The van der Waals surface area contributed by atoms with Gasteiger partial charge in [-0.1, -0.05) is 20.8 Å². The van der Waals surface area contributed by atoms with Gasteiger partial charge < -0.3 is 4.90 Å². The summed E-state index contributed by atoms with van der Waals surface area (Å²) in [6.45, 7) is 10.9. The first-order valence-corrected chi connectivity index (χ1v) is 4.72. The molecule has 64 valence electrons. The zero-order valence-electron chi connectivity index (χ0n) is 8.35. The Kier molecular flexibility index (Phi) is 2.63. The SMILES string of the molecule is BC1(C)CN(CCC(C)C)C1. The van der Waals surface area contributed by atoms with Gasteiger partial charge in [-0.15, -0.1) is 0 Å². The molecule has 1 heterocycles. The van der Waals surface area contributed by atoms with E-state index in [1.54, 1.807) is 0 Å². The van der Waals surface area contributed by atoms with Gasteiger partial charge in [-0.25, -0.2) is 0 Å². The van der Waals surface area contributed by atoms with E-state index in [1.165, 1.54) is 26.1 Å². The predicted octanol–water partition coefficient (Wildman–Crippen LogP) is 1.16. The molecule has 0 N–H and O–H groups in total. The lowest BCUT2D eigenvalue weighted by Gasteiger charge is -2.46. The summed E-state index contributed by atoms with van der Waals surface area (Å²) in [7, 11) is 2.35. The second kappa shape index (κ2) is 3.18. The van der Waals surface area contributed by atoms with Crippen molar-refractivity contribution in [2.24, 2.45) is 5.92 Å². The highest BCUT2D eigenvalue weighted by atomic mass is 15.2. The molecule has 1 aliphatic rings. The summed E-state index contributed by atoms with van der Waals surface area (Å²) < 4.78 is 0. The van der Waals surface area contributed by atoms with Gasteiger partial charge in [-0.05, 0) is 37.3 Å². The molecule has 0 radical (unpaired) electrons. The Balaban J connectivity index is 2.05. The molecule has 0 aliphatic carbocycles. The van der Waals surface area contributed by atoms with Crippen LogP contribution in [0.25, 0.3) is 0 Å². The fourth-order valence-corrected chi connectivity index (χ4v) is 1.76. The number of hydrogen-bond acceptors (Lipinski definition) is 1. The third-order valence-electron chi connectivity index (χ3n) is 2.33. The van der Waals surface area contributed by atoms with Crippen LogP contribution in [-0.4, -0.2) is 32.4 Å². The highest BCUT2D eigenvalue weighted by Gasteiger charge is 2.33. The minimum atomic E-state index is 0.608. The van der Waals surface area contributed by atoms with Gasteiger partial charge in [0.25, 0.3) is 0 Å². The zero-order valence-corrected chi connectivity index (χ0v) is 8.35. The zero-order chi connectivity index (χ0) is 8.48. The van der Waals surface area contributed by atoms with Crippen molar-refractivity contribution >= 4 is 7.85 Å². The van der Waals surface area contributed by atoms with Crippen LogP contribution >= 0.6 is 0 Å². The number of rotatable bonds is 3. The number of hydrogen-bond donors (Lipinski definition) is 0. The van der Waals surface area contributed by atoms with Crippen LogP contribution in [0.15, 0.2) is 0 Å². The minimum Gasteiger partial charge on any atom is -0.304 e. The van der Waals surface area contributed by atoms with Crippen LogP contribution in [0, 0.1) is 5.92 Å². The van der Waals surface area contributed by atoms with E-state index in [0.29, 0.717) is 5.31 Å². The highest BCUT2D eigenvalue weighted by Crippen LogP contribution is 2.32. The number of nitrogens with zero attached hydrogens (tertiary/aromatic N) is 1. The smallest absolute Gasteiger partial charge is 0.112 e. The molecule has 0 amide bonds. The normalized spacial score (nSPS) is 23.6. The van der Waals surface area contributed by atoms with Crippen molar-refractivity contribution in [1.82, 2.24) is 4.90 Å². The van der Waals surface area contributed by atoms with E-state index >= 15 is 0 Å². The summed E-state index contributed by atoms with van der Waals surface area (Å²) >= 11 is 0. The average molecular weight is 153 g/mol. The van der Waals surface area contributed by atoms with Gasteiger partial charge in [0.05, 0.1) is 0 Å². The fourth-order valence-electron chi connectivity index (χ4n) is 1.76. The van der Waals surface area contributed by atoms with Gasteiger partial charge >= 0.3 is 0 Å². The van der Waals surface area contributed by atoms with Crippen LogP contribution in [0.5, 0.6) is 0 Å².